The summed E-state index contributed by atoms with van der Waals surface area (Å²) in [6.45, 7) is -0.790. The molecule has 0 aliphatic rings. The number of carbonyl (C=O) groups excluding carboxylic acids is 1. The maximum Gasteiger partial charge on any atom is 0.422 e. The first-order valence-corrected chi connectivity index (χ1v) is 4.72. The van der Waals surface area contributed by atoms with Gasteiger partial charge in [-0.2, -0.15) is 26.3 Å². The molecule has 19 heavy (non-hydrogen) atoms. The van der Waals surface area contributed by atoms with Crippen LogP contribution in [0.1, 0.15) is 13.3 Å². The highest BCUT2D eigenvalue weighted by molar-refractivity contribution is 5.86. The summed E-state index contributed by atoms with van der Waals surface area (Å²) in [4.78, 5) is 21.4. The number of aliphatic carboxylic acids is 1. The van der Waals surface area contributed by atoms with E-state index < -0.39 is 42.9 Å². The molecule has 2 amide bonds. The highest BCUT2D eigenvalue weighted by Gasteiger charge is 2.58. The van der Waals surface area contributed by atoms with Crippen molar-refractivity contribution in [2.24, 2.45) is 0 Å². The molecule has 0 saturated carbocycles. The van der Waals surface area contributed by atoms with Crippen LogP contribution in [-0.4, -0.2) is 41.5 Å². The Balaban J connectivity index is 4.56. The Morgan fingerprint density at radius 1 is 1.11 bits per heavy atom. The molecule has 0 rings (SSSR count). The maximum atomic E-state index is 12.4. The van der Waals surface area contributed by atoms with Crippen molar-refractivity contribution in [1.82, 2.24) is 10.6 Å². The fourth-order valence-corrected chi connectivity index (χ4v) is 0.835. The number of nitrogens with one attached hydrogen (secondary N) is 2. The molecule has 112 valence electrons. The molecule has 3 N–H and O–H groups in total. The van der Waals surface area contributed by atoms with Crippen LogP contribution in [0.25, 0.3) is 0 Å². The highest BCUT2D eigenvalue weighted by atomic mass is 19.4. The highest BCUT2D eigenvalue weighted by Crippen LogP contribution is 2.30. The molecule has 0 fully saturated rings. The zero-order chi connectivity index (χ0) is 15.5. The minimum atomic E-state index is -5.31. The number of rotatable bonds is 4. The van der Waals surface area contributed by atoms with E-state index in [9.17, 15) is 35.9 Å². The molecule has 5 nitrogen and oxygen atoms in total. The first kappa shape index (κ1) is 17.3. The van der Waals surface area contributed by atoms with Crippen LogP contribution < -0.4 is 10.6 Å². The summed E-state index contributed by atoms with van der Waals surface area (Å²) in [5, 5.41) is 11.0. The third-order valence-corrected chi connectivity index (χ3v) is 2.05. The zero-order valence-corrected chi connectivity index (χ0v) is 9.45. The summed E-state index contributed by atoms with van der Waals surface area (Å²) in [6, 6.07) is -1.66. The molecule has 0 heterocycles. The SMILES string of the molecule is CC(NC(=O)NCCC(F)(F)F)(C(=O)O)C(F)(F)F. The lowest BCUT2D eigenvalue weighted by molar-refractivity contribution is -0.203. The van der Waals surface area contributed by atoms with Crippen molar-refractivity contribution in [3.05, 3.63) is 0 Å². The Hall–Kier alpha value is -1.68. The molecule has 0 aliphatic heterocycles. The van der Waals surface area contributed by atoms with Gasteiger partial charge in [0.1, 0.15) is 0 Å². The maximum absolute atomic E-state index is 12.4. The van der Waals surface area contributed by atoms with Crippen molar-refractivity contribution < 1.29 is 41.0 Å². The molecular formula is C8H10F6N2O3. The van der Waals surface area contributed by atoms with E-state index in [4.69, 9.17) is 5.11 Å². The van der Waals surface area contributed by atoms with Crippen molar-refractivity contribution in [2.75, 3.05) is 6.54 Å². The van der Waals surface area contributed by atoms with E-state index in [0.717, 1.165) is 5.32 Å². The van der Waals surface area contributed by atoms with Gasteiger partial charge in [-0.1, -0.05) is 0 Å². The molecule has 0 aromatic rings. The summed E-state index contributed by atoms with van der Waals surface area (Å²) >= 11 is 0. The van der Waals surface area contributed by atoms with Gasteiger partial charge in [-0.05, 0) is 6.92 Å². The number of carbonyl (C=O) groups is 2. The van der Waals surface area contributed by atoms with Crippen LogP contribution in [0, 0.1) is 0 Å². The molecule has 0 aliphatic carbocycles. The molecular weight excluding hydrogens is 286 g/mol. The number of halogens is 6. The van der Waals surface area contributed by atoms with Gasteiger partial charge in [0, 0.05) is 6.54 Å². The van der Waals surface area contributed by atoms with Gasteiger partial charge in [0.15, 0.2) is 0 Å². The third kappa shape index (κ3) is 5.22. The first-order valence-electron chi connectivity index (χ1n) is 4.72. The van der Waals surface area contributed by atoms with E-state index in [1.165, 1.54) is 5.32 Å². The molecule has 0 aromatic carbocycles. The van der Waals surface area contributed by atoms with E-state index in [1.807, 2.05) is 0 Å². The van der Waals surface area contributed by atoms with E-state index in [0.29, 0.717) is 0 Å². The van der Waals surface area contributed by atoms with Crippen LogP contribution in [0.5, 0.6) is 0 Å². The lowest BCUT2D eigenvalue weighted by atomic mass is 10.0. The molecule has 0 bridgehead atoms. The van der Waals surface area contributed by atoms with Gasteiger partial charge in [0.2, 0.25) is 5.54 Å². The van der Waals surface area contributed by atoms with Crippen molar-refractivity contribution in [3.63, 3.8) is 0 Å². The molecule has 0 radical (unpaired) electrons. The summed E-state index contributed by atoms with van der Waals surface area (Å²) in [5.41, 5.74) is -3.59. The Bertz CT molecular complexity index is 353. The van der Waals surface area contributed by atoms with Crippen LogP contribution in [0.4, 0.5) is 31.1 Å². The molecule has 0 saturated heterocycles. The minimum Gasteiger partial charge on any atom is -0.479 e. The summed E-state index contributed by atoms with van der Waals surface area (Å²) in [7, 11) is 0. The van der Waals surface area contributed by atoms with Gasteiger partial charge in [0.05, 0.1) is 6.42 Å². The van der Waals surface area contributed by atoms with Crippen molar-refractivity contribution >= 4 is 12.0 Å². The summed E-state index contributed by atoms with van der Waals surface area (Å²) < 4.78 is 72.4. The Labute approximate surface area is 103 Å². The molecule has 1 atom stereocenters. The number of carboxylic acid groups (broad SMARTS) is 1. The second-order valence-electron chi connectivity index (χ2n) is 3.67. The topological polar surface area (TPSA) is 78.4 Å². The average Bonchev–Trinajstić information content (AvgIpc) is 2.12. The number of hydrogen-bond donors (Lipinski definition) is 3. The minimum absolute atomic E-state index is 0.179. The number of carboxylic acids is 1. The molecule has 1 unspecified atom stereocenters. The second-order valence-corrected chi connectivity index (χ2v) is 3.67. The van der Waals surface area contributed by atoms with Crippen LogP contribution in [0.15, 0.2) is 0 Å². The largest absolute Gasteiger partial charge is 0.479 e. The van der Waals surface area contributed by atoms with E-state index >= 15 is 0 Å². The first-order chi connectivity index (χ1) is 8.29. The quantitative estimate of drug-likeness (QED) is 0.690. The predicted molar refractivity (Wildman–Crippen MR) is 49.3 cm³/mol. The van der Waals surface area contributed by atoms with Crippen LogP contribution in [0.2, 0.25) is 0 Å². The molecule has 11 heteroatoms. The second kappa shape index (κ2) is 5.53. The van der Waals surface area contributed by atoms with Crippen molar-refractivity contribution in [2.45, 2.75) is 31.2 Å². The lowest BCUT2D eigenvalue weighted by Crippen LogP contribution is -2.63. The van der Waals surface area contributed by atoms with E-state index in [-0.39, 0.29) is 6.92 Å². The Morgan fingerprint density at radius 3 is 1.89 bits per heavy atom. The summed E-state index contributed by atoms with van der Waals surface area (Å²) in [6.07, 6.45) is -11.3. The van der Waals surface area contributed by atoms with Gasteiger partial charge in [-0.3, -0.25) is 0 Å². The normalized spacial score (nSPS) is 15.5. The third-order valence-electron chi connectivity index (χ3n) is 2.05. The van der Waals surface area contributed by atoms with Gasteiger partial charge in [-0.25, -0.2) is 9.59 Å². The van der Waals surface area contributed by atoms with E-state index in [1.54, 1.807) is 0 Å². The fraction of sp³-hybridized carbons (Fsp3) is 0.750. The number of hydrogen-bond acceptors (Lipinski definition) is 2. The van der Waals surface area contributed by atoms with Gasteiger partial charge < -0.3 is 15.7 Å². The lowest BCUT2D eigenvalue weighted by Gasteiger charge is -2.28. The number of amides is 2. The smallest absolute Gasteiger partial charge is 0.422 e. The van der Waals surface area contributed by atoms with Crippen molar-refractivity contribution in [3.8, 4) is 0 Å². The van der Waals surface area contributed by atoms with Crippen LogP contribution >= 0.6 is 0 Å². The molecule has 0 aromatic heterocycles. The zero-order valence-electron chi connectivity index (χ0n) is 9.45. The summed E-state index contributed by atoms with van der Waals surface area (Å²) in [5.74, 6) is -2.38. The standard InChI is InChI=1S/C8H10F6N2O3/c1-6(4(17)18,8(12,13)14)16-5(19)15-3-2-7(9,10)11/h2-3H2,1H3,(H,17,18)(H2,15,16,19). The van der Waals surface area contributed by atoms with Crippen molar-refractivity contribution in [1.29, 1.82) is 0 Å². The number of alkyl halides is 6. The van der Waals surface area contributed by atoms with Gasteiger partial charge in [0.25, 0.3) is 0 Å². The van der Waals surface area contributed by atoms with E-state index in [2.05, 4.69) is 0 Å². The Kier molecular flexibility index (Phi) is 5.04. The van der Waals surface area contributed by atoms with Crippen LogP contribution in [-0.2, 0) is 4.79 Å². The predicted octanol–water partition coefficient (Wildman–Crippen LogP) is 1.64. The average molecular weight is 296 g/mol. The monoisotopic (exact) mass is 296 g/mol. The van der Waals surface area contributed by atoms with Gasteiger partial charge in [-0.15, -0.1) is 0 Å². The fourth-order valence-electron chi connectivity index (χ4n) is 0.835. The molecule has 0 spiro atoms. The Morgan fingerprint density at radius 2 is 1.58 bits per heavy atom. The van der Waals surface area contributed by atoms with Gasteiger partial charge >= 0.3 is 24.4 Å². The number of urea groups is 1. The van der Waals surface area contributed by atoms with Crippen LogP contribution in [0.3, 0.4) is 0 Å².